The van der Waals surface area contributed by atoms with Crippen LogP contribution in [0.25, 0.3) is 17.1 Å². The molecule has 46 heavy (non-hydrogen) atoms. The van der Waals surface area contributed by atoms with Crippen LogP contribution in [-0.2, 0) is 0 Å². The number of nitrogens with zero attached hydrogens (tertiary/aromatic N) is 5. The van der Waals surface area contributed by atoms with Crippen molar-refractivity contribution in [2.75, 3.05) is 17.2 Å². The fourth-order valence-corrected chi connectivity index (χ4v) is 6.18. The van der Waals surface area contributed by atoms with E-state index in [9.17, 15) is 18.0 Å². The Morgan fingerprint density at radius 1 is 1.02 bits per heavy atom. The molecule has 0 aliphatic carbocycles. The van der Waals surface area contributed by atoms with Gasteiger partial charge in [0.2, 0.25) is 0 Å². The number of ether oxygens (including phenoxy) is 1. The molecule has 0 bridgehead atoms. The number of hydrogen-bond acceptors (Lipinski definition) is 5. The summed E-state index contributed by atoms with van der Waals surface area (Å²) in [7, 11) is 0. The molecule has 1 N–H and O–H groups in total. The topological polar surface area (TPSA) is 84.6 Å². The number of amidine groups is 1. The second kappa shape index (κ2) is 14.0. The highest BCUT2D eigenvalue weighted by Gasteiger charge is 2.31. The van der Waals surface area contributed by atoms with Crippen molar-refractivity contribution in [2.24, 2.45) is 4.99 Å². The molecule has 1 aliphatic rings. The monoisotopic (exact) mass is 650 g/mol. The molecular weight excluding hydrogens is 613 g/mol. The number of amides is 2. The lowest BCUT2D eigenvalue weighted by atomic mass is 9.93. The van der Waals surface area contributed by atoms with Gasteiger partial charge in [-0.1, -0.05) is 68.9 Å². The predicted molar refractivity (Wildman–Crippen MR) is 177 cm³/mol. The van der Waals surface area contributed by atoms with E-state index in [0.717, 1.165) is 40.7 Å². The molecule has 8 nitrogen and oxygen atoms in total. The molecule has 5 rings (SSSR count). The van der Waals surface area contributed by atoms with Crippen LogP contribution in [-0.4, -0.2) is 50.7 Å². The maximum atomic E-state index is 13.1. The number of thioether (sulfide) groups is 1. The van der Waals surface area contributed by atoms with Crippen LogP contribution in [0.4, 0.5) is 23.7 Å². The molecule has 2 unspecified atom stereocenters. The molecule has 1 fully saturated rings. The third-order valence-electron chi connectivity index (χ3n) is 7.91. The van der Waals surface area contributed by atoms with Gasteiger partial charge in [-0.15, -0.1) is 18.3 Å². The molecule has 4 aromatic rings. The van der Waals surface area contributed by atoms with Crippen molar-refractivity contribution < 1.29 is 22.7 Å². The van der Waals surface area contributed by atoms with Gasteiger partial charge in [0.25, 0.3) is 0 Å². The minimum Gasteiger partial charge on any atom is -0.406 e. The van der Waals surface area contributed by atoms with Crippen LogP contribution in [0.5, 0.6) is 5.75 Å². The predicted octanol–water partition coefficient (Wildman–Crippen LogP) is 8.47. The van der Waals surface area contributed by atoms with E-state index in [-0.39, 0.29) is 23.7 Å². The molecule has 0 saturated carbocycles. The first-order valence-electron chi connectivity index (χ1n) is 15.2. The molecule has 1 aliphatic heterocycles. The summed E-state index contributed by atoms with van der Waals surface area (Å²) in [4.78, 5) is 24.2. The number of anilines is 1. The van der Waals surface area contributed by atoms with Crippen LogP contribution in [0.15, 0.2) is 78.0 Å². The second-order valence-electron chi connectivity index (χ2n) is 11.7. The van der Waals surface area contributed by atoms with E-state index in [4.69, 9.17) is 0 Å². The number of benzene rings is 3. The van der Waals surface area contributed by atoms with E-state index >= 15 is 0 Å². The summed E-state index contributed by atoms with van der Waals surface area (Å²) in [6, 6.07) is 19.1. The van der Waals surface area contributed by atoms with Crippen LogP contribution in [0, 0.1) is 6.92 Å². The average Bonchev–Trinajstić information content (AvgIpc) is 3.51. The first-order valence-corrected chi connectivity index (χ1v) is 16.1. The number of urea groups is 1. The lowest BCUT2D eigenvalue weighted by Gasteiger charge is -2.32. The van der Waals surface area contributed by atoms with Crippen molar-refractivity contribution >= 4 is 28.6 Å². The standard InChI is InChI=1S/C34H37F3N6O2S/c1-21(2)29-16-7-22(3)19-30(29)42-17-6-18-46-33(42)40-32(44)39-24(5)23(4)25-8-10-26(11-9-25)31-38-20-43(41-31)27-12-14-28(15-13-27)45-34(35,36)37/h7-16,19-21,23-24H,6,17-18H2,1-5H3,(H,39,44). The third kappa shape index (κ3) is 8.09. The van der Waals surface area contributed by atoms with Crippen LogP contribution >= 0.6 is 11.8 Å². The van der Waals surface area contributed by atoms with Crippen LogP contribution < -0.4 is 15.0 Å². The highest BCUT2D eigenvalue weighted by atomic mass is 32.2. The van der Waals surface area contributed by atoms with Crippen molar-refractivity contribution in [1.29, 1.82) is 0 Å². The van der Waals surface area contributed by atoms with Gasteiger partial charge in [0.05, 0.1) is 5.69 Å². The van der Waals surface area contributed by atoms with Crippen molar-refractivity contribution in [3.05, 3.63) is 89.7 Å². The molecular formula is C34H37F3N6O2S. The smallest absolute Gasteiger partial charge is 0.406 e. The Balaban J connectivity index is 1.23. The zero-order valence-electron chi connectivity index (χ0n) is 26.4. The maximum Gasteiger partial charge on any atom is 0.573 e. The number of hydrogen-bond donors (Lipinski definition) is 1. The van der Waals surface area contributed by atoms with Gasteiger partial charge < -0.3 is 15.0 Å². The summed E-state index contributed by atoms with van der Waals surface area (Å²) in [5.41, 5.74) is 5.87. The zero-order chi connectivity index (χ0) is 33.0. The van der Waals surface area contributed by atoms with E-state index < -0.39 is 6.36 Å². The Bertz CT molecular complexity index is 1690. The number of halogens is 3. The third-order valence-corrected chi connectivity index (χ3v) is 8.97. The van der Waals surface area contributed by atoms with Gasteiger partial charge in [-0.3, -0.25) is 0 Å². The van der Waals surface area contributed by atoms with E-state index in [0.29, 0.717) is 17.4 Å². The lowest BCUT2D eigenvalue weighted by Crippen LogP contribution is -2.39. The Labute approximate surface area is 271 Å². The summed E-state index contributed by atoms with van der Waals surface area (Å²) >= 11 is 1.61. The van der Waals surface area contributed by atoms with Crippen LogP contribution in [0.1, 0.15) is 62.6 Å². The molecule has 0 spiro atoms. The van der Waals surface area contributed by atoms with Gasteiger partial charge in [0.15, 0.2) is 11.0 Å². The van der Waals surface area contributed by atoms with Gasteiger partial charge in [-0.2, -0.15) is 4.99 Å². The van der Waals surface area contributed by atoms with Gasteiger partial charge >= 0.3 is 12.4 Å². The molecule has 1 saturated heterocycles. The summed E-state index contributed by atoms with van der Waals surface area (Å²) in [5.74, 6) is 1.42. The van der Waals surface area contributed by atoms with Crippen molar-refractivity contribution in [3.63, 3.8) is 0 Å². The quantitative estimate of drug-likeness (QED) is 0.206. The van der Waals surface area contributed by atoms with Gasteiger partial charge in [0, 0.05) is 35.5 Å². The van der Waals surface area contributed by atoms with Crippen LogP contribution in [0.2, 0.25) is 0 Å². The van der Waals surface area contributed by atoms with Gasteiger partial charge in [-0.05, 0) is 73.2 Å². The Morgan fingerprint density at radius 2 is 1.74 bits per heavy atom. The minimum atomic E-state index is -4.75. The molecule has 242 valence electrons. The Hall–Kier alpha value is -4.32. The lowest BCUT2D eigenvalue weighted by molar-refractivity contribution is -0.274. The average molecular weight is 651 g/mol. The number of carbonyl (C=O) groups excluding carboxylic acids is 1. The van der Waals surface area contributed by atoms with E-state index in [1.807, 2.05) is 31.2 Å². The Morgan fingerprint density at radius 3 is 2.41 bits per heavy atom. The number of nitrogens with one attached hydrogen (secondary N) is 1. The summed E-state index contributed by atoms with van der Waals surface area (Å²) in [6.07, 6.45) is -2.23. The van der Waals surface area contributed by atoms with Crippen LogP contribution in [0.3, 0.4) is 0 Å². The van der Waals surface area contributed by atoms with Crippen molar-refractivity contribution in [3.8, 4) is 22.8 Å². The largest absolute Gasteiger partial charge is 0.573 e. The van der Waals surface area contributed by atoms with E-state index in [2.05, 4.69) is 75.9 Å². The fraction of sp³-hybridized carbons (Fsp3) is 0.353. The number of rotatable bonds is 8. The fourth-order valence-electron chi connectivity index (χ4n) is 5.24. The minimum absolute atomic E-state index is 0.000534. The molecule has 1 aromatic heterocycles. The Kier molecular flexibility index (Phi) is 10.0. The molecule has 2 heterocycles. The van der Waals surface area contributed by atoms with E-state index in [1.54, 1.807) is 11.8 Å². The van der Waals surface area contributed by atoms with Crippen molar-refractivity contribution in [2.45, 2.75) is 65.3 Å². The molecule has 2 atom stereocenters. The highest BCUT2D eigenvalue weighted by Crippen LogP contribution is 2.33. The van der Waals surface area contributed by atoms with Gasteiger partial charge in [0.1, 0.15) is 12.1 Å². The molecule has 0 radical (unpaired) electrons. The number of carbonyl (C=O) groups is 1. The first kappa shape index (κ1) is 33.1. The number of aromatic nitrogens is 3. The summed E-state index contributed by atoms with van der Waals surface area (Å²) in [5, 5.41) is 8.26. The number of aliphatic imine (C=N–C) groups is 1. The van der Waals surface area contributed by atoms with E-state index in [1.165, 1.54) is 46.4 Å². The van der Waals surface area contributed by atoms with Gasteiger partial charge in [-0.25, -0.2) is 14.5 Å². The first-order chi connectivity index (χ1) is 21.9. The number of alkyl halides is 3. The molecule has 3 aromatic carbocycles. The second-order valence-corrected chi connectivity index (χ2v) is 12.7. The number of aryl methyl sites for hydroxylation is 1. The SMILES string of the molecule is Cc1ccc(C(C)C)c(N2CCCSC2=NC(=O)NC(C)C(C)c2ccc(-c3ncn(-c4ccc(OC(F)(F)F)cc4)n3)cc2)c1. The molecule has 2 amide bonds. The van der Waals surface area contributed by atoms with Crippen molar-refractivity contribution in [1.82, 2.24) is 20.1 Å². The normalized spacial score (nSPS) is 16.0. The summed E-state index contributed by atoms with van der Waals surface area (Å²) < 4.78 is 42.8. The zero-order valence-corrected chi connectivity index (χ0v) is 27.2. The highest BCUT2D eigenvalue weighted by molar-refractivity contribution is 8.14. The maximum absolute atomic E-state index is 13.1. The summed E-state index contributed by atoms with van der Waals surface area (Å²) in [6.45, 7) is 11.3. The molecule has 12 heteroatoms.